The minimum Gasteiger partial charge on any atom is -0.349 e. The van der Waals surface area contributed by atoms with Crippen molar-refractivity contribution in [2.75, 3.05) is 0 Å². The maximum Gasteiger partial charge on any atom is 0.263 e. The zero-order chi connectivity index (χ0) is 21.1. The molecule has 0 spiro atoms. The summed E-state index contributed by atoms with van der Waals surface area (Å²) in [6.45, 7) is -0.128. The van der Waals surface area contributed by atoms with Gasteiger partial charge in [-0.1, -0.05) is 19.3 Å². The predicted octanol–water partition coefficient (Wildman–Crippen LogP) is 1.91. The maximum atomic E-state index is 12.8. The van der Waals surface area contributed by atoms with Crippen molar-refractivity contribution >= 4 is 11.8 Å². The molecule has 2 aliphatic rings. The standard InChI is InChI=1S/C22H29N5O3/c1-26-13-11-23-20(26)19(15-9-10-15)25-18(28)14-27-12-5-8-17(22(27)30)21(29)24-16-6-3-2-4-7-16/h5,8,11-13,15-16,19H,2-4,6-7,9-10,14H2,1H3,(H,24,29)(H,25,28)/t19-/m0/s1. The zero-order valence-electron chi connectivity index (χ0n) is 17.3. The number of pyridine rings is 1. The van der Waals surface area contributed by atoms with Crippen LogP contribution in [0, 0.1) is 5.92 Å². The van der Waals surface area contributed by atoms with Crippen LogP contribution in [0.2, 0.25) is 0 Å². The van der Waals surface area contributed by atoms with Crippen LogP contribution in [0.1, 0.15) is 67.2 Å². The highest BCUT2D eigenvalue weighted by Gasteiger charge is 2.35. The van der Waals surface area contributed by atoms with Gasteiger partial charge in [0.1, 0.15) is 17.9 Å². The molecule has 160 valence electrons. The first kappa shape index (κ1) is 20.4. The molecular weight excluding hydrogens is 382 g/mol. The molecule has 8 nitrogen and oxygen atoms in total. The van der Waals surface area contributed by atoms with Crippen molar-refractivity contribution in [1.82, 2.24) is 24.8 Å². The number of imidazole rings is 1. The molecule has 8 heteroatoms. The van der Waals surface area contributed by atoms with Crippen molar-refractivity contribution in [3.63, 3.8) is 0 Å². The van der Waals surface area contributed by atoms with Gasteiger partial charge in [-0.2, -0.15) is 0 Å². The Kier molecular flexibility index (Phi) is 6.01. The number of rotatable bonds is 7. The second kappa shape index (κ2) is 8.85. The van der Waals surface area contributed by atoms with E-state index >= 15 is 0 Å². The van der Waals surface area contributed by atoms with Gasteiger partial charge in [0, 0.05) is 31.7 Å². The van der Waals surface area contributed by atoms with Gasteiger partial charge in [0.25, 0.3) is 11.5 Å². The fraction of sp³-hybridized carbons (Fsp3) is 0.545. The molecule has 0 saturated heterocycles. The van der Waals surface area contributed by atoms with Crippen LogP contribution in [0.5, 0.6) is 0 Å². The van der Waals surface area contributed by atoms with Crippen molar-refractivity contribution in [3.8, 4) is 0 Å². The fourth-order valence-corrected chi connectivity index (χ4v) is 4.22. The number of hydrogen-bond donors (Lipinski definition) is 2. The minimum atomic E-state index is -0.444. The van der Waals surface area contributed by atoms with Crippen LogP contribution >= 0.6 is 0 Å². The summed E-state index contributed by atoms with van der Waals surface area (Å²) < 4.78 is 3.21. The Morgan fingerprint density at radius 2 is 1.93 bits per heavy atom. The molecule has 0 bridgehead atoms. The predicted molar refractivity (Wildman–Crippen MR) is 112 cm³/mol. The van der Waals surface area contributed by atoms with Crippen LogP contribution < -0.4 is 16.2 Å². The molecule has 0 aromatic carbocycles. The number of aryl methyl sites for hydroxylation is 1. The highest BCUT2D eigenvalue weighted by molar-refractivity contribution is 5.94. The summed E-state index contributed by atoms with van der Waals surface area (Å²) in [5.74, 6) is 0.575. The molecule has 0 aliphatic heterocycles. The molecule has 2 aliphatic carbocycles. The number of nitrogens with zero attached hydrogens (tertiary/aromatic N) is 3. The Hall–Kier alpha value is -2.90. The van der Waals surface area contributed by atoms with Crippen molar-refractivity contribution in [2.24, 2.45) is 13.0 Å². The largest absolute Gasteiger partial charge is 0.349 e. The fourth-order valence-electron chi connectivity index (χ4n) is 4.22. The molecule has 30 heavy (non-hydrogen) atoms. The second-order valence-electron chi connectivity index (χ2n) is 8.44. The number of amides is 2. The van der Waals surface area contributed by atoms with E-state index in [0.29, 0.717) is 5.92 Å². The van der Waals surface area contributed by atoms with E-state index in [1.807, 2.05) is 17.8 Å². The molecule has 1 atom stereocenters. The van der Waals surface area contributed by atoms with Gasteiger partial charge >= 0.3 is 0 Å². The second-order valence-corrected chi connectivity index (χ2v) is 8.44. The summed E-state index contributed by atoms with van der Waals surface area (Å²) in [5, 5.41) is 6.00. The van der Waals surface area contributed by atoms with Crippen LogP contribution in [-0.2, 0) is 18.4 Å². The number of nitrogens with one attached hydrogen (secondary N) is 2. The Morgan fingerprint density at radius 3 is 2.60 bits per heavy atom. The van der Waals surface area contributed by atoms with E-state index in [4.69, 9.17) is 0 Å². The smallest absolute Gasteiger partial charge is 0.263 e. The lowest BCUT2D eigenvalue weighted by atomic mass is 9.95. The van der Waals surface area contributed by atoms with Crippen LogP contribution in [0.15, 0.2) is 35.5 Å². The van der Waals surface area contributed by atoms with E-state index in [-0.39, 0.29) is 36.0 Å². The maximum absolute atomic E-state index is 12.8. The van der Waals surface area contributed by atoms with E-state index < -0.39 is 5.56 Å². The van der Waals surface area contributed by atoms with E-state index in [9.17, 15) is 14.4 Å². The van der Waals surface area contributed by atoms with E-state index in [1.54, 1.807) is 18.5 Å². The molecule has 0 radical (unpaired) electrons. The zero-order valence-corrected chi connectivity index (χ0v) is 17.3. The van der Waals surface area contributed by atoms with E-state index in [2.05, 4.69) is 15.6 Å². The molecule has 2 saturated carbocycles. The average Bonchev–Trinajstić information content (AvgIpc) is 3.49. The van der Waals surface area contributed by atoms with Crippen LogP contribution in [0.4, 0.5) is 0 Å². The number of aromatic nitrogens is 3. The van der Waals surface area contributed by atoms with Gasteiger partial charge in [-0.3, -0.25) is 14.4 Å². The molecule has 2 aromatic rings. The summed E-state index contributed by atoms with van der Waals surface area (Å²) in [4.78, 5) is 42.5. The van der Waals surface area contributed by atoms with Gasteiger partial charge in [-0.25, -0.2) is 4.98 Å². The third-order valence-corrected chi connectivity index (χ3v) is 6.07. The van der Waals surface area contributed by atoms with E-state index in [0.717, 1.165) is 44.3 Å². The van der Waals surface area contributed by atoms with Crippen LogP contribution in [0.25, 0.3) is 0 Å². The average molecular weight is 412 g/mol. The van der Waals surface area contributed by atoms with Gasteiger partial charge < -0.3 is 19.8 Å². The Bertz CT molecular complexity index is 969. The molecule has 2 amide bonds. The lowest BCUT2D eigenvalue weighted by Gasteiger charge is -2.22. The Balaban J connectivity index is 1.43. The third kappa shape index (κ3) is 4.63. The summed E-state index contributed by atoms with van der Waals surface area (Å²) in [6, 6.07) is 3.13. The van der Waals surface area contributed by atoms with Crippen molar-refractivity contribution in [2.45, 2.75) is 63.6 Å². The summed E-state index contributed by atoms with van der Waals surface area (Å²) >= 11 is 0. The first-order valence-corrected chi connectivity index (χ1v) is 10.8. The monoisotopic (exact) mass is 411 g/mol. The SMILES string of the molecule is Cn1ccnc1[C@@H](NC(=O)Cn1cccc(C(=O)NC2CCCCC2)c1=O)C1CC1. The lowest BCUT2D eigenvalue weighted by Crippen LogP contribution is -2.41. The highest BCUT2D eigenvalue weighted by atomic mass is 16.2. The quantitative estimate of drug-likeness (QED) is 0.727. The molecular formula is C22H29N5O3. The van der Waals surface area contributed by atoms with Gasteiger partial charge in [-0.15, -0.1) is 0 Å². The minimum absolute atomic E-state index is 0.0821. The van der Waals surface area contributed by atoms with Gasteiger partial charge in [0.05, 0.1) is 6.04 Å². The summed E-state index contributed by atoms with van der Waals surface area (Å²) in [5.41, 5.74) is -0.361. The van der Waals surface area contributed by atoms with Crippen molar-refractivity contribution < 1.29 is 9.59 Å². The van der Waals surface area contributed by atoms with Crippen LogP contribution in [-0.4, -0.2) is 32.0 Å². The van der Waals surface area contributed by atoms with Gasteiger partial charge in [-0.05, 0) is 43.7 Å². The first-order valence-electron chi connectivity index (χ1n) is 10.8. The molecule has 2 aromatic heterocycles. The number of hydrogen-bond acceptors (Lipinski definition) is 4. The molecule has 2 fully saturated rings. The first-order chi connectivity index (χ1) is 14.5. The van der Waals surface area contributed by atoms with E-state index in [1.165, 1.54) is 17.1 Å². The summed E-state index contributed by atoms with van der Waals surface area (Å²) in [6.07, 6.45) is 12.5. The normalized spacial score (nSPS) is 18.0. The van der Waals surface area contributed by atoms with Crippen molar-refractivity contribution in [3.05, 3.63) is 52.5 Å². The van der Waals surface area contributed by atoms with Gasteiger partial charge in [0.2, 0.25) is 5.91 Å². The third-order valence-electron chi connectivity index (χ3n) is 6.07. The van der Waals surface area contributed by atoms with Crippen molar-refractivity contribution in [1.29, 1.82) is 0 Å². The molecule has 2 heterocycles. The highest BCUT2D eigenvalue weighted by Crippen LogP contribution is 2.40. The molecule has 2 N–H and O–H groups in total. The molecule has 0 unspecified atom stereocenters. The Labute approximate surface area is 175 Å². The molecule has 4 rings (SSSR count). The van der Waals surface area contributed by atoms with Crippen LogP contribution in [0.3, 0.4) is 0 Å². The lowest BCUT2D eigenvalue weighted by molar-refractivity contribution is -0.122. The number of carbonyl (C=O) groups is 2. The number of carbonyl (C=O) groups excluding carboxylic acids is 2. The summed E-state index contributed by atoms with van der Waals surface area (Å²) in [7, 11) is 1.91. The van der Waals surface area contributed by atoms with Gasteiger partial charge in [0.15, 0.2) is 0 Å². The Morgan fingerprint density at radius 1 is 1.17 bits per heavy atom. The topological polar surface area (TPSA) is 98.0 Å².